The number of nitrogens with zero attached hydrogens (tertiary/aromatic N) is 4. The number of amides is 2. The number of aryl methyl sites for hydroxylation is 2. The molecule has 2 aliphatic heterocycles. The summed E-state index contributed by atoms with van der Waals surface area (Å²) in [5.74, 6) is 1.65. The third-order valence-electron chi connectivity index (χ3n) is 5.48. The van der Waals surface area contributed by atoms with E-state index in [1.54, 1.807) is 4.90 Å². The number of hydrogen-bond acceptors (Lipinski definition) is 4. The van der Waals surface area contributed by atoms with Crippen molar-refractivity contribution >= 4 is 11.8 Å². The minimum atomic E-state index is -0.172. The van der Waals surface area contributed by atoms with Gasteiger partial charge in [0.25, 0.3) is 5.91 Å². The normalized spacial score (nSPS) is 19.0. The molecular formula is C20H25N5O2. The number of nitrogens with one attached hydrogen (secondary N) is 1. The first-order valence-electron chi connectivity index (χ1n) is 9.66. The van der Waals surface area contributed by atoms with Gasteiger partial charge in [-0.1, -0.05) is 17.7 Å². The molecule has 0 aliphatic carbocycles. The van der Waals surface area contributed by atoms with Gasteiger partial charge < -0.3 is 14.8 Å². The third-order valence-corrected chi connectivity index (χ3v) is 5.48. The summed E-state index contributed by atoms with van der Waals surface area (Å²) in [6.45, 7) is 4.50. The summed E-state index contributed by atoms with van der Waals surface area (Å²) in [5.41, 5.74) is 1.81. The zero-order valence-corrected chi connectivity index (χ0v) is 15.6. The number of hydrogen-bond donors (Lipinski definition) is 1. The standard InChI is InChI=1S/C20H25N5O2/c1-14-6-8-15(9-7-14)20(27)24-10-2-4-16(13-24)19(26)21-12-18-23-22-17-5-3-11-25(17)18/h6-9,16H,2-5,10-13H2,1H3,(H,21,26)/t16-/m1/s1. The first-order chi connectivity index (χ1) is 13.1. The second kappa shape index (κ2) is 7.50. The topological polar surface area (TPSA) is 80.1 Å². The van der Waals surface area contributed by atoms with Crippen LogP contribution in [-0.2, 0) is 24.3 Å². The maximum absolute atomic E-state index is 12.7. The van der Waals surface area contributed by atoms with Crippen LogP contribution in [0.15, 0.2) is 24.3 Å². The van der Waals surface area contributed by atoms with Crippen LogP contribution in [0.2, 0.25) is 0 Å². The number of carbonyl (C=O) groups is 2. The molecule has 2 amide bonds. The van der Waals surface area contributed by atoms with Crippen LogP contribution in [0.3, 0.4) is 0 Å². The van der Waals surface area contributed by atoms with E-state index in [1.165, 1.54) is 0 Å². The largest absolute Gasteiger partial charge is 0.348 e. The minimum absolute atomic E-state index is 0.00257. The number of piperidine rings is 1. The smallest absolute Gasteiger partial charge is 0.253 e. The fourth-order valence-corrected chi connectivity index (χ4v) is 3.91. The Balaban J connectivity index is 1.35. The molecule has 0 radical (unpaired) electrons. The van der Waals surface area contributed by atoms with E-state index in [9.17, 15) is 9.59 Å². The Morgan fingerprint density at radius 1 is 1.15 bits per heavy atom. The van der Waals surface area contributed by atoms with Crippen LogP contribution in [0.5, 0.6) is 0 Å². The lowest BCUT2D eigenvalue weighted by atomic mass is 9.96. The van der Waals surface area contributed by atoms with Crippen molar-refractivity contribution in [2.75, 3.05) is 13.1 Å². The molecule has 1 fully saturated rings. The van der Waals surface area contributed by atoms with Crippen molar-refractivity contribution < 1.29 is 9.59 Å². The fourth-order valence-electron chi connectivity index (χ4n) is 3.91. The quantitative estimate of drug-likeness (QED) is 0.892. The molecule has 1 atom stereocenters. The van der Waals surface area contributed by atoms with Crippen LogP contribution in [0.4, 0.5) is 0 Å². The molecule has 0 saturated carbocycles. The number of rotatable bonds is 4. The summed E-state index contributed by atoms with van der Waals surface area (Å²) in [5, 5.41) is 11.3. The van der Waals surface area contributed by atoms with Crippen LogP contribution >= 0.6 is 0 Å². The molecule has 1 aromatic heterocycles. The van der Waals surface area contributed by atoms with E-state index >= 15 is 0 Å². The Labute approximate surface area is 158 Å². The first kappa shape index (κ1) is 17.7. The lowest BCUT2D eigenvalue weighted by molar-refractivity contribution is -0.126. The molecule has 7 heteroatoms. The predicted octanol–water partition coefficient (Wildman–Crippen LogP) is 1.70. The van der Waals surface area contributed by atoms with E-state index in [4.69, 9.17) is 0 Å². The van der Waals surface area contributed by atoms with Crippen molar-refractivity contribution in [1.82, 2.24) is 25.0 Å². The Bertz CT molecular complexity index is 843. The van der Waals surface area contributed by atoms with Crippen molar-refractivity contribution in [1.29, 1.82) is 0 Å². The predicted molar refractivity (Wildman–Crippen MR) is 100.0 cm³/mol. The van der Waals surface area contributed by atoms with Gasteiger partial charge in [0, 0.05) is 31.6 Å². The molecule has 0 spiro atoms. The van der Waals surface area contributed by atoms with Gasteiger partial charge in [0.2, 0.25) is 5.91 Å². The van der Waals surface area contributed by atoms with E-state index in [2.05, 4.69) is 20.1 Å². The highest BCUT2D eigenvalue weighted by molar-refractivity contribution is 5.94. The number of aromatic nitrogens is 3. The van der Waals surface area contributed by atoms with Gasteiger partial charge in [-0.15, -0.1) is 10.2 Å². The molecule has 0 bridgehead atoms. The molecule has 2 aromatic rings. The van der Waals surface area contributed by atoms with E-state index in [-0.39, 0.29) is 17.7 Å². The maximum Gasteiger partial charge on any atom is 0.253 e. The van der Waals surface area contributed by atoms with Crippen molar-refractivity contribution in [3.63, 3.8) is 0 Å². The van der Waals surface area contributed by atoms with Gasteiger partial charge >= 0.3 is 0 Å². The lowest BCUT2D eigenvalue weighted by Gasteiger charge is -2.32. The van der Waals surface area contributed by atoms with Gasteiger partial charge in [-0.25, -0.2) is 0 Å². The first-order valence-corrected chi connectivity index (χ1v) is 9.66. The summed E-state index contributed by atoms with van der Waals surface area (Å²) in [4.78, 5) is 27.2. The number of likely N-dealkylation sites (tertiary alicyclic amines) is 1. The average Bonchev–Trinajstić information content (AvgIpc) is 3.30. The van der Waals surface area contributed by atoms with Crippen LogP contribution in [0.1, 0.15) is 46.8 Å². The minimum Gasteiger partial charge on any atom is -0.348 e. The summed E-state index contributed by atoms with van der Waals surface area (Å²) in [7, 11) is 0. The summed E-state index contributed by atoms with van der Waals surface area (Å²) in [6, 6.07) is 7.59. The molecule has 1 aromatic carbocycles. The van der Waals surface area contributed by atoms with Gasteiger partial charge in [-0.2, -0.15) is 0 Å². The van der Waals surface area contributed by atoms with E-state index in [0.717, 1.165) is 49.4 Å². The Morgan fingerprint density at radius 3 is 2.78 bits per heavy atom. The van der Waals surface area contributed by atoms with Crippen molar-refractivity contribution in [2.45, 2.75) is 45.7 Å². The number of benzene rings is 1. The fraction of sp³-hybridized carbons (Fsp3) is 0.500. The van der Waals surface area contributed by atoms with Gasteiger partial charge in [0.15, 0.2) is 5.82 Å². The highest BCUT2D eigenvalue weighted by Crippen LogP contribution is 2.20. The molecule has 1 saturated heterocycles. The van der Waals surface area contributed by atoms with Gasteiger partial charge in [-0.05, 0) is 38.3 Å². The molecule has 2 aliphatic rings. The van der Waals surface area contributed by atoms with Crippen molar-refractivity contribution in [3.8, 4) is 0 Å². The van der Waals surface area contributed by atoms with Crippen LogP contribution in [-0.4, -0.2) is 44.6 Å². The van der Waals surface area contributed by atoms with Crippen LogP contribution in [0, 0.1) is 12.8 Å². The second-order valence-electron chi connectivity index (χ2n) is 7.46. The van der Waals surface area contributed by atoms with E-state index in [0.29, 0.717) is 25.2 Å². The van der Waals surface area contributed by atoms with Gasteiger partial charge in [0.1, 0.15) is 5.82 Å². The molecule has 1 N–H and O–H groups in total. The average molecular weight is 367 g/mol. The highest BCUT2D eigenvalue weighted by atomic mass is 16.2. The van der Waals surface area contributed by atoms with E-state index < -0.39 is 0 Å². The zero-order chi connectivity index (χ0) is 18.8. The van der Waals surface area contributed by atoms with Crippen molar-refractivity contribution in [2.24, 2.45) is 5.92 Å². The number of carbonyl (C=O) groups excluding carboxylic acids is 2. The Hall–Kier alpha value is -2.70. The Morgan fingerprint density at radius 2 is 1.96 bits per heavy atom. The molecule has 3 heterocycles. The SMILES string of the molecule is Cc1ccc(C(=O)N2CCC[C@@H](C(=O)NCc3nnc4n3CCC4)C2)cc1. The maximum atomic E-state index is 12.7. The summed E-state index contributed by atoms with van der Waals surface area (Å²) < 4.78 is 2.09. The zero-order valence-electron chi connectivity index (χ0n) is 15.6. The second-order valence-corrected chi connectivity index (χ2v) is 7.46. The van der Waals surface area contributed by atoms with Gasteiger partial charge in [0.05, 0.1) is 12.5 Å². The molecule has 142 valence electrons. The molecule has 27 heavy (non-hydrogen) atoms. The molecule has 4 rings (SSSR count). The molecule has 7 nitrogen and oxygen atoms in total. The third kappa shape index (κ3) is 3.72. The monoisotopic (exact) mass is 367 g/mol. The summed E-state index contributed by atoms with van der Waals surface area (Å²) >= 11 is 0. The highest BCUT2D eigenvalue weighted by Gasteiger charge is 2.29. The van der Waals surface area contributed by atoms with Crippen LogP contribution in [0.25, 0.3) is 0 Å². The number of fused-ring (bicyclic) bond motifs is 1. The van der Waals surface area contributed by atoms with Crippen LogP contribution < -0.4 is 5.32 Å². The van der Waals surface area contributed by atoms with Crippen molar-refractivity contribution in [3.05, 3.63) is 47.0 Å². The summed E-state index contributed by atoms with van der Waals surface area (Å²) in [6.07, 6.45) is 3.70. The lowest BCUT2D eigenvalue weighted by Crippen LogP contribution is -2.45. The Kier molecular flexibility index (Phi) is 4.92. The van der Waals surface area contributed by atoms with Gasteiger partial charge in [-0.3, -0.25) is 9.59 Å². The molecule has 0 unspecified atom stereocenters. The molecular weight excluding hydrogens is 342 g/mol. The van der Waals surface area contributed by atoms with E-state index in [1.807, 2.05) is 31.2 Å².